The van der Waals surface area contributed by atoms with Crippen molar-refractivity contribution in [3.05, 3.63) is 60.0 Å². The molecule has 0 N–H and O–H groups in total. The molecule has 0 aliphatic rings. The van der Waals surface area contributed by atoms with Gasteiger partial charge in [-0.25, -0.2) is 9.97 Å². The summed E-state index contributed by atoms with van der Waals surface area (Å²) in [5.41, 5.74) is 0.253. The van der Waals surface area contributed by atoms with Gasteiger partial charge in [-0.1, -0.05) is 0 Å². The van der Waals surface area contributed by atoms with Crippen molar-refractivity contribution in [3.8, 4) is 29.0 Å². The predicted molar refractivity (Wildman–Crippen MR) is 83.1 cm³/mol. The maximum Gasteiger partial charge on any atom is 0.434 e. The Bertz CT molecular complexity index is 923. The van der Waals surface area contributed by atoms with E-state index < -0.39 is 11.9 Å². The molecular formula is C17H11F3N4O. The first-order valence-corrected chi connectivity index (χ1v) is 7.10. The summed E-state index contributed by atoms with van der Waals surface area (Å²) in [6.07, 6.45) is -2.27. The van der Waals surface area contributed by atoms with Crippen LogP contribution in [0.5, 0.6) is 5.88 Å². The van der Waals surface area contributed by atoms with Crippen LogP contribution in [-0.4, -0.2) is 21.6 Å². The van der Waals surface area contributed by atoms with E-state index in [1.54, 1.807) is 24.3 Å². The van der Waals surface area contributed by atoms with Gasteiger partial charge in [-0.2, -0.15) is 18.4 Å². The number of halogens is 3. The average molecular weight is 344 g/mol. The number of nitrogens with zero attached hydrogens (tertiary/aromatic N) is 4. The monoisotopic (exact) mass is 344 g/mol. The number of imidazole rings is 1. The minimum absolute atomic E-state index is 0.0900. The largest absolute Gasteiger partial charge is 0.481 e. The van der Waals surface area contributed by atoms with Crippen molar-refractivity contribution in [2.24, 2.45) is 0 Å². The second-order valence-corrected chi connectivity index (χ2v) is 5.07. The van der Waals surface area contributed by atoms with Crippen molar-refractivity contribution < 1.29 is 17.9 Å². The van der Waals surface area contributed by atoms with Gasteiger partial charge in [0.25, 0.3) is 0 Å². The van der Waals surface area contributed by atoms with Gasteiger partial charge < -0.3 is 4.74 Å². The fourth-order valence-electron chi connectivity index (χ4n) is 2.25. The van der Waals surface area contributed by atoms with Gasteiger partial charge in [0.1, 0.15) is 5.82 Å². The van der Waals surface area contributed by atoms with Crippen LogP contribution in [0.15, 0.2) is 48.8 Å². The van der Waals surface area contributed by atoms with Crippen LogP contribution < -0.4 is 4.74 Å². The summed E-state index contributed by atoms with van der Waals surface area (Å²) in [5.74, 6) is 0.434. The second kappa shape index (κ2) is 6.28. The number of hydrogen-bond acceptors (Lipinski definition) is 4. The number of hydrogen-bond donors (Lipinski definition) is 0. The van der Waals surface area contributed by atoms with Gasteiger partial charge in [0.15, 0.2) is 5.69 Å². The Balaban J connectivity index is 2.14. The highest BCUT2D eigenvalue weighted by Crippen LogP contribution is 2.32. The molecule has 0 atom stereocenters. The summed E-state index contributed by atoms with van der Waals surface area (Å²) < 4.78 is 45.6. The zero-order valence-corrected chi connectivity index (χ0v) is 12.9. The number of alkyl halides is 3. The fraction of sp³-hybridized carbons (Fsp3) is 0.118. The number of rotatable bonds is 3. The minimum atomic E-state index is -4.58. The molecule has 3 rings (SSSR count). The molecule has 5 nitrogen and oxygen atoms in total. The van der Waals surface area contributed by atoms with Crippen LogP contribution in [0.1, 0.15) is 11.3 Å². The molecule has 0 unspecified atom stereocenters. The summed E-state index contributed by atoms with van der Waals surface area (Å²) >= 11 is 0. The van der Waals surface area contributed by atoms with Gasteiger partial charge in [-0.05, 0) is 30.3 Å². The van der Waals surface area contributed by atoms with Crippen molar-refractivity contribution in [2.45, 2.75) is 6.18 Å². The number of benzene rings is 1. The molecule has 0 aliphatic heterocycles. The first kappa shape index (κ1) is 16.5. The van der Waals surface area contributed by atoms with Crippen molar-refractivity contribution >= 4 is 0 Å². The average Bonchev–Trinajstić information content (AvgIpc) is 3.07. The molecule has 0 bridgehead atoms. The molecule has 2 heterocycles. The van der Waals surface area contributed by atoms with E-state index in [0.717, 1.165) is 6.20 Å². The molecule has 8 heteroatoms. The van der Waals surface area contributed by atoms with E-state index in [2.05, 4.69) is 9.97 Å². The van der Waals surface area contributed by atoms with E-state index in [9.17, 15) is 13.2 Å². The molecule has 0 saturated heterocycles. The quantitative estimate of drug-likeness (QED) is 0.724. The molecule has 126 valence electrons. The lowest BCUT2D eigenvalue weighted by molar-refractivity contribution is -0.140. The zero-order chi connectivity index (χ0) is 18.0. The third-order valence-electron chi connectivity index (χ3n) is 3.47. The number of nitriles is 1. The molecule has 0 saturated carbocycles. The van der Waals surface area contributed by atoms with Crippen LogP contribution in [0.3, 0.4) is 0 Å². The second-order valence-electron chi connectivity index (χ2n) is 5.07. The topological polar surface area (TPSA) is 63.7 Å². The van der Waals surface area contributed by atoms with Crippen molar-refractivity contribution in [1.29, 1.82) is 5.26 Å². The summed E-state index contributed by atoms with van der Waals surface area (Å²) in [5, 5.41) is 8.85. The van der Waals surface area contributed by atoms with E-state index in [0.29, 0.717) is 22.7 Å². The van der Waals surface area contributed by atoms with Crippen molar-refractivity contribution in [3.63, 3.8) is 0 Å². The molecule has 0 aliphatic carbocycles. The van der Waals surface area contributed by atoms with Crippen molar-refractivity contribution in [1.82, 2.24) is 14.5 Å². The van der Waals surface area contributed by atoms with Gasteiger partial charge in [-0.3, -0.25) is 4.57 Å². The lowest BCUT2D eigenvalue weighted by atomic mass is 10.2. The maximum absolute atomic E-state index is 13.1. The standard InChI is InChI=1S/C17H11F3N4O/c1-25-15-7-4-12(9-22-15)16-23-14(17(18,19)20)10-24(16)13-5-2-11(8-21)3-6-13/h2-7,9-10H,1H3. The molecule has 2 aromatic heterocycles. The normalized spacial score (nSPS) is 11.2. The van der Waals surface area contributed by atoms with E-state index in [1.807, 2.05) is 6.07 Å². The van der Waals surface area contributed by atoms with Crippen molar-refractivity contribution in [2.75, 3.05) is 7.11 Å². The number of aromatic nitrogens is 3. The van der Waals surface area contributed by atoms with Crippen LogP contribution in [0.25, 0.3) is 17.1 Å². The zero-order valence-electron chi connectivity index (χ0n) is 12.9. The Kier molecular flexibility index (Phi) is 4.15. The number of ether oxygens (including phenoxy) is 1. The van der Waals surface area contributed by atoms with Crippen LogP contribution in [0, 0.1) is 11.3 Å². The van der Waals surface area contributed by atoms with Crippen LogP contribution >= 0.6 is 0 Å². The van der Waals surface area contributed by atoms with Gasteiger partial charge in [0.05, 0.1) is 18.7 Å². The molecule has 3 aromatic rings. The first-order chi connectivity index (χ1) is 11.9. The highest BCUT2D eigenvalue weighted by molar-refractivity contribution is 5.59. The lowest BCUT2D eigenvalue weighted by Crippen LogP contribution is -2.05. The Morgan fingerprint density at radius 1 is 1.12 bits per heavy atom. The Morgan fingerprint density at radius 3 is 2.36 bits per heavy atom. The van der Waals surface area contributed by atoms with Gasteiger partial charge >= 0.3 is 6.18 Å². The summed E-state index contributed by atoms with van der Waals surface area (Å²) in [4.78, 5) is 7.73. The Labute approximate surface area is 141 Å². The molecule has 25 heavy (non-hydrogen) atoms. The molecule has 0 fully saturated rings. The Hall–Kier alpha value is -3.34. The Morgan fingerprint density at radius 2 is 1.84 bits per heavy atom. The van der Waals surface area contributed by atoms with E-state index >= 15 is 0 Å². The smallest absolute Gasteiger partial charge is 0.434 e. The SMILES string of the molecule is COc1ccc(-c2nc(C(F)(F)F)cn2-c2ccc(C#N)cc2)cn1. The number of methoxy groups -OCH3 is 1. The minimum Gasteiger partial charge on any atom is -0.481 e. The highest BCUT2D eigenvalue weighted by Gasteiger charge is 2.35. The van der Waals surface area contributed by atoms with Gasteiger partial charge in [-0.15, -0.1) is 0 Å². The lowest BCUT2D eigenvalue weighted by Gasteiger charge is -2.08. The number of pyridine rings is 1. The molecule has 0 radical (unpaired) electrons. The maximum atomic E-state index is 13.1. The van der Waals surface area contributed by atoms with Crippen LogP contribution in [0.4, 0.5) is 13.2 Å². The predicted octanol–water partition coefficient (Wildman–Crippen LogP) is 3.83. The molecule has 1 aromatic carbocycles. The highest BCUT2D eigenvalue weighted by atomic mass is 19.4. The molecular weight excluding hydrogens is 333 g/mol. The first-order valence-electron chi connectivity index (χ1n) is 7.10. The van der Waals surface area contributed by atoms with E-state index in [4.69, 9.17) is 10.00 Å². The van der Waals surface area contributed by atoms with Crippen LogP contribution in [0.2, 0.25) is 0 Å². The summed E-state index contributed by atoms with van der Waals surface area (Å²) in [6.45, 7) is 0. The molecule has 0 spiro atoms. The third kappa shape index (κ3) is 3.30. The molecule has 0 amide bonds. The van der Waals surface area contributed by atoms with E-state index in [-0.39, 0.29) is 5.82 Å². The van der Waals surface area contributed by atoms with Gasteiger partial charge in [0.2, 0.25) is 5.88 Å². The fourth-order valence-corrected chi connectivity index (χ4v) is 2.25. The van der Waals surface area contributed by atoms with Gasteiger partial charge in [0, 0.05) is 29.7 Å². The van der Waals surface area contributed by atoms with Crippen LogP contribution in [-0.2, 0) is 6.18 Å². The van der Waals surface area contributed by atoms with E-state index in [1.165, 1.54) is 30.0 Å². The third-order valence-corrected chi connectivity index (χ3v) is 3.47. The summed E-state index contributed by atoms with van der Waals surface area (Å²) in [6, 6.07) is 11.3. The summed E-state index contributed by atoms with van der Waals surface area (Å²) in [7, 11) is 1.45.